The molecule has 0 heterocycles. The summed E-state index contributed by atoms with van der Waals surface area (Å²) in [7, 11) is -1.43. The van der Waals surface area contributed by atoms with Gasteiger partial charge in [0, 0.05) is 23.1 Å². The predicted molar refractivity (Wildman–Crippen MR) is 176 cm³/mol. The number of sulfonamides is 1. The van der Waals surface area contributed by atoms with Gasteiger partial charge in [0.15, 0.2) is 11.5 Å². The van der Waals surface area contributed by atoms with Crippen molar-refractivity contribution in [3.63, 3.8) is 0 Å². The molecule has 1 aliphatic carbocycles. The maximum atomic E-state index is 14.2. The first kappa shape index (κ1) is 34.1. The van der Waals surface area contributed by atoms with Crippen molar-refractivity contribution in [2.45, 2.75) is 63.1 Å². The highest BCUT2D eigenvalue weighted by molar-refractivity contribution is 9.10. The second-order valence-corrected chi connectivity index (χ2v) is 13.6. The Morgan fingerprint density at radius 2 is 1.67 bits per heavy atom. The number of rotatable bonds is 14. The Hall–Kier alpha value is -3.77. The molecule has 12 heteroatoms. The van der Waals surface area contributed by atoms with Gasteiger partial charge in [-0.05, 0) is 80.8 Å². The van der Waals surface area contributed by atoms with Crippen LogP contribution in [0, 0.1) is 0 Å². The van der Waals surface area contributed by atoms with Crippen LogP contribution in [0.1, 0.15) is 45.1 Å². The largest absolute Gasteiger partial charge is 0.494 e. The van der Waals surface area contributed by atoms with Crippen LogP contribution in [-0.2, 0) is 26.2 Å². The molecule has 0 radical (unpaired) electrons. The Bertz CT molecular complexity index is 1580. The van der Waals surface area contributed by atoms with Crippen molar-refractivity contribution in [3.05, 3.63) is 76.8 Å². The van der Waals surface area contributed by atoms with E-state index in [1.807, 2.05) is 31.2 Å². The summed E-state index contributed by atoms with van der Waals surface area (Å²) in [6.07, 6.45) is 3.89. The fourth-order valence-corrected chi connectivity index (χ4v) is 7.19. The lowest BCUT2D eigenvalue weighted by molar-refractivity contribution is -0.139. The molecule has 10 nitrogen and oxygen atoms in total. The molecule has 242 valence electrons. The van der Waals surface area contributed by atoms with Gasteiger partial charge in [-0.15, -0.1) is 0 Å². The molecular formula is C33H40BrN3O7S. The molecule has 1 saturated carbocycles. The SMILES string of the molecule is CCOc1ccc(N(CC(=O)N(Cc2cccc(Br)c2)[C@@H](C)C(=O)NC2CCCC2)S(=O)(=O)c2ccc(OC)c(OC)c2)cc1. The Morgan fingerprint density at radius 1 is 0.978 bits per heavy atom. The second kappa shape index (κ2) is 15.5. The third kappa shape index (κ3) is 8.49. The lowest BCUT2D eigenvalue weighted by Gasteiger charge is -2.32. The van der Waals surface area contributed by atoms with E-state index >= 15 is 0 Å². The zero-order valence-corrected chi connectivity index (χ0v) is 28.4. The third-order valence-electron chi connectivity index (χ3n) is 7.77. The molecule has 3 aromatic rings. The maximum Gasteiger partial charge on any atom is 0.264 e. The third-order valence-corrected chi connectivity index (χ3v) is 10.0. The Kier molecular flexibility index (Phi) is 11.7. The van der Waals surface area contributed by atoms with Crippen molar-refractivity contribution in [2.75, 3.05) is 31.7 Å². The highest BCUT2D eigenvalue weighted by Gasteiger charge is 2.34. The minimum Gasteiger partial charge on any atom is -0.494 e. The smallest absolute Gasteiger partial charge is 0.264 e. The fourth-order valence-electron chi connectivity index (χ4n) is 5.31. The molecule has 3 aromatic carbocycles. The molecule has 1 N–H and O–H groups in total. The van der Waals surface area contributed by atoms with Crippen LogP contribution in [0.2, 0.25) is 0 Å². The number of carbonyl (C=O) groups is 2. The van der Waals surface area contributed by atoms with Crippen LogP contribution in [-0.4, -0.2) is 64.6 Å². The predicted octanol–water partition coefficient (Wildman–Crippen LogP) is 5.54. The topological polar surface area (TPSA) is 114 Å². The Morgan fingerprint density at radius 3 is 2.29 bits per heavy atom. The summed E-state index contributed by atoms with van der Waals surface area (Å²) in [5.41, 5.74) is 1.04. The molecule has 0 bridgehead atoms. The molecule has 1 aliphatic rings. The summed E-state index contributed by atoms with van der Waals surface area (Å²) in [6, 6.07) is 17.4. The molecule has 0 aromatic heterocycles. The molecule has 2 amide bonds. The number of halogens is 1. The van der Waals surface area contributed by atoms with Gasteiger partial charge in [0.25, 0.3) is 10.0 Å². The minimum absolute atomic E-state index is 0.0635. The number of ether oxygens (including phenoxy) is 3. The van der Waals surface area contributed by atoms with E-state index in [1.54, 1.807) is 31.2 Å². The molecular weight excluding hydrogens is 662 g/mol. The van der Waals surface area contributed by atoms with Gasteiger partial charge in [0.05, 0.1) is 31.4 Å². The van der Waals surface area contributed by atoms with E-state index in [0.29, 0.717) is 18.1 Å². The van der Waals surface area contributed by atoms with Gasteiger partial charge in [-0.25, -0.2) is 8.42 Å². The van der Waals surface area contributed by atoms with Gasteiger partial charge < -0.3 is 24.4 Å². The van der Waals surface area contributed by atoms with Crippen molar-refractivity contribution < 1.29 is 32.2 Å². The van der Waals surface area contributed by atoms with Crippen molar-refractivity contribution in [1.82, 2.24) is 10.2 Å². The molecule has 1 atom stereocenters. The number of amides is 2. The summed E-state index contributed by atoms with van der Waals surface area (Å²) in [6.45, 7) is 3.51. The average molecular weight is 703 g/mol. The van der Waals surface area contributed by atoms with Crippen molar-refractivity contribution in [3.8, 4) is 17.2 Å². The first-order valence-corrected chi connectivity index (χ1v) is 17.1. The van der Waals surface area contributed by atoms with Crippen molar-refractivity contribution >= 4 is 43.5 Å². The van der Waals surface area contributed by atoms with Gasteiger partial charge >= 0.3 is 0 Å². The van der Waals surface area contributed by atoms with E-state index in [1.165, 1.54) is 37.3 Å². The van der Waals surface area contributed by atoms with Gasteiger partial charge in [0.2, 0.25) is 11.8 Å². The number of nitrogens with zero attached hydrogens (tertiary/aromatic N) is 2. The lowest BCUT2D eigenvalue weighted by atomic mass is 10.1. The van der Waals surface area contributed by atoms with E-state index in [4.69, 9.17) is 14.2 Å². The summed E-state index contributed by atoms with van der Waals surface area (Å²) < 4.78 is 46.6. The van der Waals surface area contributed by atoms with Crippen LogP contribution in [0.3, 0.4) is 0 Å². The van der Waals surface area contributed by atoms with Crippen LogP contribution < -0.4 is 23.8 Å². The standard InChI is InChI=1S/C33H40BrN3O7S/c1-5-44-28-15-13-27(14-16-28)37(45(40,41)29-17-18-30(42-3)31(20-29)43-4)22-32(38)36(21-24-9-8-10-25(34)19-24)23(2)33(39)35-26-11-6-7-12-26/h8-10,13-20,23,26H,5-7,11-12,21-22H2,1-4H3,(H,35,39)/t23-/m0/s1. The van der Waals surface area contributed by atoms with E-state index in [-0.39, 0.29) is 34.8 Å². The quantitative estimate of drug-likeness (QED) is 0.235. The van der Waals surface area contributed by atoms with Gasteiger partial charge in [0.1, 0.15) is 18.3 Å². The number of nitrogens with one attached hydrogen (secondary N) is 1. The molecule has 1 fully saturated rings. The van der Waals surface area contributed by atoms with Gasteiger partial charge in [-0.3, -0.25) is 13.9 Å². The number of benzene rings is 3. The first-order chi connectivity index (χ1) is 21.6. The summed E-state index contributed by atoms with van der Waals surface area (Å²) in [4.78, 5) is 29.0. The number of anilines is 1. The number of hydrogen-bond donors (Lipinski definition) is 1. The van der Waals surface area contributed by atoms with E-state index in [0.717, 1.165) is 40.0 Å². The fraction of sp³-hybridized carbons (Fsp3) is 0.394. The van der Waals surface area contributed by atoms with Gasteiger partial charge in [-0.1, -0.05) is 40.9 Å². The molecule has 0 aliphatic heterocycles. The highest BCUT2D eigenvalue weighted by Crippen LogP contribution is 2.33. The molecule has 0 spiro atoms. The number of carbonyl (C=O) groups excluding carboxylic acids is 2. The van der Waals surface area contributed by atoms with Crippen molar-refractivity contribution in [2.24, 2.45) is 0 Å². The summed E-state index contributed by atoms with van der Waals surface area (Å²) in [5, 5.41) is 3.08. The molecule has 45 heavy (non-hydrogen) atoms. The highest BCUT2D eigenvalue weighted by atomic mass is 79.9. The number of hydrogen-bond acceptors (Lipinski definition) is 7. The molecule has 0 saturated heterocycles. The molecule has 0 unspecified atom stereocenters. The first-order valence-electron chi connectivity index (χ1n) is 14.9. The van der Waals surface area contributed by atoms with Crippen LogP contribution in [0.4, 0.5) is 5.69 Å². The zero-order valence-electron chi connectivity index (χ0n) is 26.0. The van der Waals surface area contributed by atoms with Crippen LogP contribution in [0.5, 0.6) is 17.2 Å². The van der Waals surface area contributed by atoms with E-state index in [2.05, 4.69) is 21.2 Å². The zero-order chi connectivity index (χ0) is 32.6. The van der Waals surface area contributed by atoms with Crippen LogP contribution in [0.25, 0.3) is 0 Å². The van der Waals surface area contributed by atoms with Crippen LogP contribution in [0.15, 0.2) is 76.1 Å². The normalized spacial score (nSPS) is 14.0. The van der Waals surface area contributed by atoms with E-state index in [9.17, 15) is 18.0 Å². The van der Waals surface area contributed by atoms with Crippen LogP contribution >= 0.6 is 15.9 Å². The van der Waals surface area contributed by atoms with Gasteiger partial charge in [-0.2, -0.15) is 0 Å². The maximum absolute atomic E-state index is 14.2. The van der Waals surface area contributed by atoms with Crippen molar-refractivity contribution in [1.29, 1.82) is 0 Å². The molecule has 4 rings (SSSR count). The average Bonchev–Trinajstić information content (AvgIpc) is 3.55. The Balaban J connectivity index is 1.72. The summed E-state index contributed by atoms with van der Waals surface area (Å²) >= 11 is 3.48. The minimum atomic E-state index is -4.31. The number of methoxy groups -OCH3 is 2. The second-order valence-electron chi connectivity index (χ2n) is 10.8. The monoisotopic (exact) mass is 701 g/mol. The Labute approximate surface area is 273 Å². The summed E-state index contributed by atoms with van der Waals surface area (Å²) in [5.74, 6) is 0.333. The lowest BCUT2D eigenvalue weighted by Crippen LogP contribution is -2.52. The van der Waals surface area contributed by atoms with E-state index < -0.39 is 28.5 Å².